The van der Waals surface area contributed by atoms with E-state index in [-0.39, 0.29) is 23.6 Å². The van der Waals surface area contributed by atoms with E-state index in [2.05, 4.69) is 29.4 Å². The smallest absolute Gasteiger partial charge is 0.230 e. The number of fused-ring (bicyclic) bond motifs is 1. The fourth-order valence-corrected chi connectivity index (χ4v) is 4.37. The van der Waals surface area contributed by atoms with Gasteiger partial charge in [-0.05, 0) is 36.6 Å². The normalized spacial score (nSPS) is 14.3. The topological polar surface area (TPSA) is 91.4 Å². The summed E-state index contributed by atoms with van der Waals surface area (Å²) in [6.45, 7) is 7.34. The lowest BCUT2D eigenvalue weighted by atomic mass is 9.95. The maximum atomic E-state index is 12.8. The van der Waals surface area contributed by atoms with E-state index in [0.29, 0.717) is 24.2 Å². The Morgan fingerprint density at radius 3 is 2.69 bits per heavy atom. The lowest BCUT2D eigenvalue weighted by Crippen LogP contribution is -2.33. The number of nitrogens with zero attached hydrogens (tertiary/aromatic N) is 3. The highest BCUT2D eigenvalue weighted by atomic mass is 32.2. The molecule has 170 valence electrons. The van der Waals surface area contributed by atoms with Gasteiger partial charge in [0, 0.05) is 13.5 Å². The summed E-state index contributed by atoms with van der Waals surface area (Å²) >= 11 is 1.36. The van der Waals surface area contributed by atoms with Crippen LogP contribution in [0, 0.1) is 12.8 Å². The van der Waals surface area contributed by atoms with E-state index in [1.54, 1.807) is 6.26 Å². The van der Waals surface area contributed by atoms with E-state index in [0.717, 1.165) is 34.8 Å². The van der Waals surface area contributed by atoms with Gasteiger partial charge in [0.1, 0.15) is 5.76 Å². The first-order chi connectivity index (χ1) is 15.4. The zero-order valence-electron chi connectivity index (χ0n) is 18.8. The van der Waals surface area contributed by atoms with Gasteiger partial charge >= 0.3 is 0 Å². The monoisotopic (exact) mass is 456 g/mol. The lowest BCUT2D eigenvalue weighted by Gasteiger charge is -2.24. The number of amides is 1. The Morgan fingerprint density at radius 2 is 1.97 bits per heavy atom. The van der Waals surface area contributed by atoms with Crippen LogP contribution in [0.1, 0.15) is 37.6 Å². The minimum Gasteiger partial charge on any atom is -0.490 e. The number of nitrogens with one attached hydrogen (secondary N) is 1. The average molecular weight is 457 g/mol. The third kappa shape index (κ3) is 4.77. The summed E-state index contributed by atoms with van der Waals surface area (Å²) in [4.78, 5) is 12.8. The van der Waals surface area contributed by atoms with Crippen molar-refractivity contribution in [3.63, 3.8) is 0 Å². The average Bonchev–Trinajstić information content (AvgIpc) is 3.26. The first kappa shape index (κ1) is 22.3. The van der Waals surface area contributed by atoms with Gasteiger partial charge in [-0.15, -0.1) is 10.2 Å². The first-order valence-corrected chi connectivity index (χ1v) is 11.7. The van der Waals surface area contributed by atoms with Crippen molar-refractivity contribution in [3.05, 3.63) is 41.9 Å². The molecule has 0 radical (unpaired) electrons. The van der Waals surface area contributed by atoms with Gasteiger partial charge in [0.2, 0.25) is 5.91 Å². The molecule has 1 amide bonds. The number of benzene rings is 1. The van der Waals surface area contributed by atoms with Crippen LogP contribution in [0.3, 0.4) is 0 Å². The van der Waals surface area contributed by atoms with Crippen LogP contribution in [-0.2, 0) is 11.8 Å². The number of thioether (sulfide) groups is 1. The number of aryl methyl sites for hydroxylation is 1. The highest BCUT2D eigenvalue weighted by Gasteiger charge is 2.22. The second kappa shape index (κ2) is 9.68. The predicted molar refractivity (Wildman–Crippen MR) is 122 cm³/mol. The third-order valence-corrected chi connectivity index (χ3v) is 6.40. The van der Waals surface area contributed by atoms with Gasteiger partial charge in [0.25, 0.3) is 0 Å². The first-order valence-electron chi connectivity index (χ1n) is 10.7. The molecular formula is C23H28N4O4S. The number of carbonyl (C=O) groups is 1. The number of carbonyl (C=O) groups excluding carboxylic acids is 1. The van der Waals surface area contributed by atoms with Crippen LogP contribution in [0.25, 0.3) is 11.4 Å². The number of hydrogen-bond acceptors (Lipinski definition) is 7. The Balaban J connectivity index is 1.42. The molecular weight excluding hydrogens is 428 g/mol. The molecule has 32 heavy (non-hydrogen) atoms. The summed E-state index contributed by atoms with van der Waals surface area (Å²) in [5.41, 5.74) is 1.89. The highest BCUT2D eigenvalue weighted by molar-refractivity contribution is 7.99. The van der Waals surface area contributed by atoms with E-state index < -0.39 is 0 Å². The Bertz CT molecular complexity index is 1090. The summed E-state index contributed by atoms with van der Waals surface area (Å²) in [7, 11) is 1.89. The molecule has 0 fully saturated rings. The van der Waals surface area contributed by atoms with Gasteiger partial charge in [-0.3, -0.25) is 4.79 Å². The van der Waals surface area contributed by atoms with Crippen LogP contribution in [0.2, 0.25) is 0 Å². The molecule has 2 aromatic heterocycles. The van der Waals surface area contributed by atoms with Crippen molar-refractivity contribution >= 4 is 17.7 Å². The van der Waals surface area contributed by atoms with Crippen molar-refractivity contribution < 1.29 is 18.7 Å². The van der Waals surface area contributed by atoms with Crippen molar-refractivity contribution in [3.8, 4) is 22.9 Å². The van der Waals surface area contributed by atoms with Gasteiger partial charge < -0.3 is 23.8 Å². The molecule has 0 unspecified atom stereocenters. The summed E-state index contributed by atoms with van der Waals surface area (Å²) < 4.78 is 18.8. The second-order valence-corrected chi connectivity index (χ2v) is 9.03. The standard InChI is InChI=1S/C23H28N4O4S/c1-14(2)21(16-6-7-18-19(12-16)31-10-5-9-30-18)24-20(28)13-32-23-26-25-22(27(23)4)17-8-11-29-15(17)3/h6-8,11-12,14,21H,5,9-10,13H2,1-4H3,(H,24,28)/t21-/m0/s1. The number of aromatic nitrogens is 3. The van der Waals surface area contributed by atoms with E-state index in [1.807, 2.05) is 42.8 Å². The summed E-state index contributed by atoms with van der Waals surface area (Å²) in [6.07, 6.45) is 2.49. The van der Waals surface area contributed by atoms with Crippen molar-refractivity contribution in [2.24, 2.45) is 13.0 Å². The zero-order valence-corrected chi connectivity index (χ0v) is 19.6. The summed E-state index contributed by atoms with van der Waals surface area (Å²) in [6, 6.07) is 7.62. The summed E-state index contributed by atoms with van der Waals surface area (Å²) in [5, 5.41) is 12.3. The molecule has 1 aromatic carbocycles. The molecule has 0 aliphatic carbocycles. The number of ether oxygens (including phenoxy) is 2. The van der Waals surface area contributed by atoms with Crippen molar-refractivity contribution in [2.45, 2.75) is 38.4 Å². The fraction of sp³-hybridized carbons (Fsp3) is 0.435. The molecule has 1 N–H and O–H groups in total. The maximum absolute atomic E-state index is 12.8. The van der Waals surface area contributed by atoms with E-state index in [9.17, 15) is 4.79 Å². The van der Waals surface area contributed by atoms with Gasteiger partial charge in [0.15, 0.2) is 22.5 Å². The van der Waals surface area contributed by atoms with E-state index in [1.165, 1.54) is 11.8 Å². The molecule has 0 saturated carbocycles. The predicted octanol–water partition coefficient (Wildman–Crippen LogP) is 4.15. The van der Waals surface area contributed by atoms with Gasteiger partial charge in [-0.1, -0.05) is 31.7 Å². The second-order valence-electron chi connectivity index (χ2n) is 8.09. The fourth-order valence-electron chi connectivity index (χ4n) is 3.65. The van der Waals surface area contributed by atoms with Crippen LogP contribution in [0.4, 0.5) is 0 Å². The molecule has 1 aliphatic rings. The summed E-state index contributed by atoms with van der Waals surface area (Å²) in [5.74, 6) is 3.36. The molecule has 1 atom stereocenters. The Hall–Kier alpha value is -2.94. The molecule has 4 rings (SSSR count). The molecule has 0 bridgehead atoms. The Kier molecular flexibility index (Phi) is 6.74. The largest absolute Gasteiger partial charge is 0.490 e. The molecule has 0 spiro atoms. The number of hydrogen-bond donors (Lipinski definition) is 1. The number of furan rings is 1. The molecule has 3 heterocycles. The van der Waals surface area contributed by atoms with Crippen molar-refractivity contribution in [2.75, 3.05) is 19.0 Å². The maximum Gasteiger partial charge on any atom is 0.230 e. The minimum atomic E-state index is -0.135. The lowest BCUT2D eigenvalue weighted by molar-refractivity contribution is -0.119. The molecule has 9 heteroatoms. The van der Waals surface area contributed by atoms with Crippen LogP contribution >= 0.6 is 11.8 Å². The highest BCUT2D eigenvalue weighted by Crippen LogP contribution is 2.34. The Morgan fingerprint density at radius 1 is 1.19 bits per heavy atom. The van der Waals surface area contributed by atoms with Gasteiger partial charge in [-0.25, -0.2) is 0 Å². The molecule has 3 aromatic rings. The van der Waals surface area contributed by atoms with Crippen LogP contribution < -0.4 is 14.8 Å². The van der Waals surface area contributed by atoms with Gasteiger partial charge in [0.05, 0.1) is 36.8 Å². The molecule has 8 nitrogen and oxygen atoms in total. The van der Waals surface area contributed by atoms with Crippen LogP contribution in [0.15, 0.2) is 40.1 Å². The van der Waals surface area contributed by atoms with E-state index in [4.69, 9.17) is 13.9 Å². The third-order valence-electron chi connectivity index (χ3n) is 5.38. The molecule has 0 saturated heterocycles. The minimum absolute atomic E-state index is 0.0650. The van der Waals surface area contributed by atoms with Crippen molar-refractivity contribution in [1.82, 2.24) is 20.1 Å². The van der Waals surface area contributed by atoms with Crippen LogP contribution in [-0.4, -0.2) is 39.6 Å². The van der Waals surface area contributed by atoms with Crippen molar-refractivity contribution in [1.29, 1.82) is 0 Å². The van der Waals surface area contributed by atoms with Gasteiger partial charge in [-0.2, -0.15) is 0 Å². The quantitative estimate of drug-likeness (QED) is 0.534. The zero-order chi connectivity index (χ0) is 22.7. The SMILES string of the molecule is Cc1occc1-c1nnc(SCC(=O)N[C@H](c2ccc3c(c2)OCCCO3)C(C)C)n1C. The number of rotatable bonds is 7. The Labute approximate surface area is 191 Å². The molecule has 1 aliphatic heterocycles. The van der Waals surface area contributed by atoms with Crippen LogP contribution in [0.5, 0.6) is 11.5 Å². The van der Waals surface area contributed by atoms with E-state index >= 15 is 0 Å².